The number of nitrogens with one attached hydrogen (secondary N) is 2. The molecule has 0 bridgehead atoms. The van der Waals surface area contributed by atoms with E-state index in [0.717, 1.165) is 61.3 Å². The third-order valence-electron chi connectivity index (χ3n) is 5.77. The Bertz CT molecular complexity index is 901. The van der Waals surface area contributed by atoms with Crippen molar-refractivity contribution in [2.24, 2.45) is 12.0 Å². The molecule has 2 N–H and O–H groups in total. The van der Waals surface area contributed by atoms with Crippen molar-refractivity contribution in [3.63, 3.8) is 0 Å². The van der Waals surface area contributed by atoms with Crippen LogP contribution >= 0.6 is 0 Å². The molecule has 1 fully saturated rings. The highest BCUT2D eigenvalue weighted by atomic mass is 16.5. The second-order valence-electron chi connectivity index (χ2n) is 8.70. The first kappa shape index (κ1) is 20.7. The van der Waals surface area contributed by atoms with Crippen LogP contribution in [0.2, 0.25) is 0 Å². The van der Waals surface area contributed by atoms with Crippen LogP contribution in [0.5, 0.6) is 5.75 Å². The van der Waals surface area contributed by atoms with Crippen LogP contribution in [0.3, 0.4) is 0 Å². The topological polar surface area (TPSA) is 85.6 Å². The molecule has 4 rings (SSSR count). The molecule has 8 heteroatoms. The highest BCUT2D eigenvalue weighted by molar-refractivity contribution is 5.80. The molecular formula is C22H32N6O2. The Morgan fingerprint density at radius 1 is 1.30 bits per heavy atom. The summed E-state index contributed by atoms with van der Waals surface area (Å²) < 4.78 is 13.9. The van der Waals surface area contributed by atoms with Gasteiger partial charge in [0.25, 0.3) is 0 Å². The van der Waals surface area contributed by atoms with Gasteiger partial charge in [0.1, 0.15) is 23.7 Å². The molecule has 30 heavy (non-hydrogen) atoms. The van der Waals surface area contributed by atoms with Crippen LogP contribution in [0.15, 0.2) is 29.3 Å². The summed E-state index contributed by atoms with van der Waals surface area (Å²) in [4.78, 5) is 4.82. The number of nitrogens with zero attached hydrogens (tertiary/aromatic N) is 4. The number of aryl methyl sites for hydroxylation is 1. The molecule has 2 atom stereocenters. The molecule has 1 aromatic heterocycles. The van der Waals surface area contributed by atoms with Gasteiger partial charge in [0.2, 0.25) is 0 Å². The maximum Gasteiger partial charge on any atom is 0.192 e. The van der Waals surface area contributed by atoms with Crippen LogP contribution in [0.25, 0.3) is 0 Å². The van der Waals surface area contributed by atoms with E-state index in [2.05, 4.69) is 40.7 Å². The number of hydrogen-bond acceptors (Lipinski definition) is 5. The number of aromatic nitrogens is 3. The normalized spacial score (nSPS) is 23.0. The summed E-state index contributed by atoms with van der Waals surface area (Å²) >= 11 is 0. The van der Waals surface area contributed by atoms with Gasteiger partial charge in [-0.05, 0) is 39.7 Å². The average Bonchev–Trinajstić information content (AvgIpc) is 3.34. The van der Waals surface area contributed by atoms with Gasteiger partial charge in [-0.1, -0.05) is 18.2 Å². The predicted octanol–water partition coefficient (Wildman–Crippen LogP) is 2.64. The van der Waals surface area contributed by atoms with Crippen LogP contribution in [0.4, 0.5) is 0 Å². The standard InChI is InChI=1S/C22H32N6O2/c1-15-26-27-20(28(15)4)14-24-21(23-13-16-8-7-11-29-16)25-18-12-22(2,3)30-19-10-6-5-9-17(18)19/h5-6,9-10,16,18H,7-8,11-14H2,1-4H3,(H2,23,24,25). The lowest BCUT2D eigenvalue weighted by Gasteiger charge is -2.38. The third kappa shape index (κ3) is 4.75. The molecule has 162 valence electrons. The predicted molar refractivity (Wildman–Crippen MR) is 115 cm³/mol. The first-order valence-corrected chi connectivity index (χ1v) is 10.7. The number of ether oxygens (including phenoxy) is 2. The maximum absolute atomic E-state index is 6.18. The highest BCUT2D eigenvalue weighted by Gasteiger charge is 2.34. The molecule has 0 radical (unpaired) electrons. The lowest BCUT2D eigenvalue weighted by Crippen LogP contribution is -2.46. The molecule has 2 aliphatic heterocycles. The fourth-order valence-corrected chi connectivity index (χ4v) is 4.00. The van der Waals surface area contributed by atoms with E-state index in [1.54, 1.807) is 0 Å². The fraction of sp³-hybridized carbons (Fsp3) is 0.591. The summed E-state index contributed by atoms with van der Waals surface area (Å²) in [6.07, 6.45) is 3.27. The maximum atomic E-state index is 6.18. The van der Waals surface area contributed by atoms with Crippen molar-refractivity contribution in [2.75, 3.05) is 13.2 Å². The van der Waals surface area contributed by atoms with Crippen molar-refractivity contribution in [1.29, 1.82) is 0 Å². The summed E-state index contributed by atoms with van der Waals surface area (Å²) in [5.41, 5.74) is 0.893. The number of hydrogen-bond donors (Lipinski definition) is 2. The molecule has 0 amide bonds. The van der Waals surface area contributed by atoms with Gasteiger partial charge in [0.05, 0.1) is 12.1 Å². The number of guanidine groups is 1. The van der Waals surface area contributed by atoms with Crippen LogP contribution in [0.1, 0.15) is 56.4 Å². The van der Waals surface area contributed by atoms with Crippen LogP contribution in [-0.4, -0.2) is 45.6 Å². The summed E-state index contributed by atoms with van der Waals surface area (Å²) in [7, 11) is 1.96. The number of benzene rings is 1. The van der Waals surface area contributed by atoms with E-state index in [4.69, 9.17) is 14.5 Å². The van der Waals surface area contributed by atoms with Crippen molar-refractivity contribution in [2.45, 2.75) is 64.3 Å². The van der Waals surface area contributed by atoms with Crippen LogP contribution in [-0.2, 0) is 18.3 Å². The molecule has 2 unspecified atom stereocenters. The van der Waals surface area contributed by atoms with Crippen molar-refractivity contribution in [3.8, 4) is 5.75 Å². The number of aliphatic imine (C=N–C) groups is 1. The zero-order chi connectivity index (χ0) is 21.1. The van der Waals surface area contributed by atoms with Gasteiger partial charge in [0.15, 0.2) is 11.8 Å². The second-order valence-corrected chi connectivity index (χ2v) is 8.70. The van der Waals surface area contributed by atoms with E-state index in [-0.39, 0.29) is 17.7 Å². The Morgan fingerprint density at radius 3 is 2.87 bits per heavy atom. The fourth-order valence-electron chi connectivity index (χ4n) is 4.00. The molecule has 0 saturated carbocycles. The molecule has 1 saturated heterocycles. The minimum atomic E-state index is -0.258. The van der Waals surface area contributed by atoms with Gasteiger partial charge < -0.3 is 24.7 Å². The Kier molecular flexibility index (Phi) is 5.94. The smallest absolute Gasteiger partial charge is 0.192 e. The van der Waals surface area contributed by atoms with E-state index >= 15 is 0 Å². The monoisotopic (exact) mass is 412 g/mol. The molecule has 1 aromatic carbocycles. The molecule has 3 heterocycles. The summed E-state index contributed by atoms with van der Waals surface area (Å²) in [5, 5.41) is 15.5. The summed E-state index contributed by atoms with van der Waals surface area (Å²) in [5.74, 6) is 3.39. The Morgan fingerprint density at radius 2 is 2.13 bits per heavy atom. The van der Waals surface area contributed by atoms with Gasteiger partial charge in [-0.25, -0.2) is 4.99 Å². The highest BCUT2D eigenvalue weighted by Crippen LogP contribution is 2.39. The molecule has 2 aromatic rings. The number of rotatable bonds is 5. The van der Waals surface area contributed by atoms with Crippen molar-refractivity contribution in [1.82, 2.24) is 25.4 Å². The van der Waals surface area contributed by atoms with Crippen LogP contribution < -0.4 is 15.4 Å². The van der Waals surface area contributed by atoms with E-state index < -0.39 is 0 Å². The Labute approximate surface area is 178 Å². The molecule has 2 aliphatic rings. The number of para-hydroxylation sites is 1. The number of fused-ring (bicyclic) bond motifs is 1. The first-order valence-electron chi connectivity index (χ1n) is 10.7. The zero-order valence-corrected chi connectivity index (χ0v) is 18.3. The van der Waals surface area contributed by atoms with Gasteiger partial charge in [-0.2, -0.15) is 0 Å². The SMILES string of the molecule is Cc1nnc(CN=C(NCC2CCCO2)NC2CC(C)(C)Oc3ccccc32)n1C. The van der Waals surface area contributed by atoms with Gasteiger partial charge >= 0.3 is 0 Å². The van der Waals surface area contributed by atoms with Gasteiger partial charge in [-0.3, -0.25) is 0 Å². The summed E-state index contributed by atoms with van der Waals surface area (Å²) in [6.45, 7) is 8.21. The first-order chi connectivity index (χ1) is 14.4. The van der Waals surface area contributed by atoms with Crippen molar-refractivity contribution >= 4 is 5.96 Å². The van der Waals surface area contributed by atoms with E-state index in [0.29, 0.717) is 6.54 Å². The average molecular weight is 413 g/mol. The van der Waals surface area contributed by atoms with Gasteiger partial charge in [0, 0.05) is 32.2 Å². The third-order valence-corrected chi connectivity index (χ3v) is 5.77. The minimum absolute atomic E-state index is 0.0990. The minimum Gasteiger partial charge on any atom is -0.487 e. The lowest BCUT2D eigenvalue weighted by atomic mass is 9.90. The van der Waals surface area contributed by atoms with E-state index in [9.17, 15) is 0 Å². The largest absolute Gasteiger partial charge is 0.487 e. The molecule has 0 spiro atoms. The Balaban J connectivity index is 1.54. The molecular weight excluding hydrogens is 380 g/mol. The van der Waals surface area contributed by atoms with Crippen molar-refractivity contribution < 1.29 is 9.47 Å². The van der Waals surface area contributed by atoms with Crippen molar-refractivity contribution in [3.05, 3.63) is 41.5 Å². The molecule has 8 nitrogen and oxygen atoms in total. The zero-order valence-electron chi connectivity index (χ0n) is 18.3. The van der Waals surface area contributed by atoms with Crippen LogP contribution in [0, 0.1) is 6.92 Å². The quantitative estimate of drug-likeness (QED) is 0.580. The molecule has 0 aliphatic carbocycles. The van der Waals surface area contributed by atoms with E-state index in [1.165, 1.54) is 0 Å². The summed E-state index contributed by atoms with van der Waals surface area (Å²) in [6, 6.07) is 8.31. The Hall–Kier alpha value is -2.61. The second kappa shape index (κ2) is 8.63. The van der Waals surface area contributed by atoms with Gasteiger partial charge in [-0.15, -0.1) is 10.2 Å². The van der Waals surface area contributed by atoms with E-state index in [1.807, 2.05) is 36.7 Å². The lowest BCUT2D eigenvalue weighted by molar-refractivity contribution is 0.0692.